The normalized spacial score (nSPS) is 17.9. The van der Waals surface area contributed by atoms with E-state index in [1.54, 1.807) is 0 Å². The molecule has 10 nitrogen and oxygen atoms in total. The number of rotatable bonds is 5. The fraction of sp³-hybridized carbons (Fsp3) is 0.393. The summed E-state index contributed by atoms with van der Waals surface area (Å²) in [5, 5.41) is 5.32. The molecule has 0 atom stereocenters. The van der Waals surface area contributed by atoms with Gasteiger partial charge in [-0.2, -0.15) is 4.98 Å². The average Bonchev–Trinajstić information content (AvgIpc) is 2.99. The quantitative estimate of drug-likeness (QED) is 0.379. The van der Waals surface area contributed by atoms with Crippen molar-refractivity contribution >= 4 is 39.8 Å². The van der Waals surface area contributed by atoms with Gasteiger partial charge in [0.1, 0.15) is 11.5 Å². The number of piperazine rings is 1. The Bertz CT molecular complexity index is 1380. The molecular formula is C28H31N7O3. The standard InChI is InChI=1S/C28H31N7O3/c1-2-26(36)32-9-11-33(12-10-32)27-23-7-8-35(19-24(23)29-28(30-27)34-13-15-38-16-14-34)25-18-21(31-37)17-20-5-3-4-6-22(20)25/h2-6,17-18H,1,7-16,19H2. The number of carbonyl (C=O) groups is 1. The molecule has 1 aromatic heterocycles. The molecule has 0 aliphatic carbocycles. The van der Waals surface area contributed by atoms with Gasteiger partial charge < -0.3 is 24.3 Å². The van der Waals surface area contributed by atoms with E-state index in [9.17, 15) is 9.70 Å². The number of morpholine rings is 1. The molecule has 2 fully saturated rings. The summed E-state index contributed by atoms with van der Waals surface area (Å²) in [6.45, 7) is 10.5. The van der Waals surface area contributed by atoms with Gasteiger partial charge in [-0.1, -0.05) is 30.8 Å². The van der Waals surface area contributed by atoms with Crippen LogP contribution in [0, 0.1) is 4.91 Å². The summed E-state index contributed by atoms with van der Waals surface area (Å²) < 4.78 is 5.57. The van der Waals surface area contributed by atoms with Gasteiger partial charge in [0.15, 0.2) is 0 Å². The van der Waals surface area contributed by atoms with Crippen molar-refractivity contribution in [3.63, 3.8) is 0 Å². The first-order chi connectivity index (χ1) is 18.6. The van der Waals surface area contributed by atoms with Gasteiger partial charge in [0.2, 0.25) is 11.9 Å². The lowest BCUT2D eigenvalue weighted by Crippen LogP contribution is -2.49. The second-order valence-corrected chi connectivity index (χ2v) is 9.84. The maximum absolute atomic E-state index is 12.1. The molecule has 3 aliphatic heterocycles. The first kappa shape index (κ1) is 24.3. The Morgan fingerprint density at radius 2 is 1.74 bits per heavy atom. The highest BCUT2D eigenvalue weighted by Crippen LogP contribution is 2.37. The molecule has 0 unspecified atom stereocenters. The number of carbonyl (C=O) groups excluding carboxylic acids is 1. The van der Waals surface area contributed by atoms with Gasteiger partial charge in [-0.15, -0.1) is 4.91 Å². The Balaban J connectivity index is 1.36. The van der Waals surface area contributed by atoms with Crippen molar-refractivity contribution in [2.24, 2.45) is 5.18 Å². The van der Waals surface area contributed by atoms with E-state index >= 15 is 0 Å². The number of hydrogen-bond donors (Lipinski definition) is 0. The molecule has 1 amide bonds. The molecule has 2 aromatic carbocycles. The van der Waals surface area contributed by atoms with Crippen LogP contribution in [0.1, 0.15) is 11.3 Å². The zero-order valence-electron chi connectivity index (χ0n) is 21.4. The summed E-state index contributed by atoms with van der Waals surface area (Å²) in [5.41, 5.74) is 3.58. The van der Waals surface area contributed by atoms with Gasteiger partial charge in [-0.25, -0.2) is 4.98 Å². The maximum atomic E-state index is 12.1. The van der Waals surface area contributed by atoms with E-state index in [4.69, 9.17) is 14.7 Å². The molecular weight excluding hydrogens is 482 g/mol. The highest BCUT2D eigenvalue weighted by molar-refractivity contribution is 5.97. The lowest BCUT2D eigenvalue weighted by atomic mass is 10.0. The SMILES string of the molecule is C=CC(=O)N1CCN(c2nc(N3CCOCC3)nc3c2CCN(c2cc(N=O)cc4ccccc24)C3)CC1. The van der Waals surface area contributed by atoms with Crippen LogP contribution >= 0.6 is 0 Å². The monoisotopic (exact) mass is 513 g/mol. The van der Waals surface area contributed by atoms with Crippen molar-refractivity contribution < 1.29 is 9.53 Å². The van der Waals surface area contributed by atoms with Crippen molar-refractivity contribution in [2.75, 3.05) is 73.7 Å². The molecule has 196 valence electrons. The second-order valence-electron chi connectivity index (χ2n) is 9.84. The first-order valence-corrected chi connectivity index (χ1v) is 13.1. The van der Waals surface area contributed by atoms with E-state index in [2.05, 4.69) is 32.5 Å². The van der Waals surface area contributed by atoms with Crippen LogP contribution in [0.25, 0.3) is 10.8 Å². The van der Waals surface area contributed by atoms with Crippen molar-refractivity contribution in [3.8, 4) is 0 Å². The van der Waals surface area contributed by atoms with Crippen LogP contribution in [-0.4, -0.2) is 79.8 Å². The fourth-order valence-corrected chi connectivity index (χ4v) is 5.63. The minimum Gasteiger partial charge on any atom is -0.378 e. The molecule has 38 heavy (non-hydrogen) atoms. The van der Waals surface area contributed by atoms with Crippen LogP contribution in [0.2, 0.25) is 0 Å². The number of amides is 1. The number of nitroso groups, excluding NO2 is 1. The van der Waals surface area contributed by atoms with Crippen molar-refractivity contribution in [1.29, 1.82) is 0 Å². The molecule has 3 aromatic rings. The zero-order chi connectivity index (χ0) is 26.1. The summed E-state index contributed by atoms with van der Waals surface area (Å²) >= 11 is 0. The van der Waals surface area contributed by atoms with Crippen LogP contribution < -0.4 is 14.7 Å². The highest BCUT2D eigenvalue weighted by atomic mass is 16.5. The molecule has 4 heterocycles. The van der Waals surface area contributed by atoms with Crippen LogP contribution in [0.5, 0.6) is 0 Å². The number of fused-ring (bicyclic) bond motifs is 2. The van der Waals surface area contributed by atoms with E-state index in [0.29, 0.717) is 51.6 Å². The summed E-state index contributed by atoms with van der Waals surface area (Å²) in [6.07, 6.45) is 2.17. The minimum absolute atomic E-state index is 0.0294. The number of aromatic nitrogens is 2. The fourth-order valence-electron chi connectivity index (χ4n) is 5.63. The summed E-state index contributed by atoms with van der Waals surface area (Å²) in [4.78, 5) is 42.4. The number of benzene rings is 2. The van der Waals surface area contributed by atoms with Crippen LogP contribution in [-0.2, 0) is 22.5 Å². The Morgan fingerprint density at radius 1 is 0.947 bits per heavy atom. The van der Waals surface area contributed by atoms with Gasteiger partial charge in [0, 0.05) is 62.5 Å². The molecule has 0 bridgehead atoms. The number of anilines is 3. The van der Waals surface area contributed by atoms with Gasteiger partial charge >= 0.3 is 0 Å². The minimum atomic E-state index is -0.0294. The molecule has 2 saturated heterocycles. The number of hydrogen-bond acceptors (Lipinski definition) is 9. The third kappa shape index (κ3) is 4.56. The van der Waals surface area contributed by atoms with Crippen molar-refractivity contribution in [2.45, 2.75) is 13.0 Å². The molecule has 0 N–H and O–H groups in total. The van der Waals surface area contributed by atoms with Crippen molar-refractivity contribution in [1.82, 2.24) is 14.9 Å². The molecule has 10 heteroatoms. The maximum Gasteiger partial charge on any atom is 0.246 e. The van der Waals surface area contributed by atoms with Gasteiger partial charge in [-0.05, 0) is 35.2 Å². The van der Waals surface area contributed by atoms with E-state index in [1.165, 1.54) is 6.08 Å². The Kier molecular flexibility index (Phi) is 6.63. The van der Waals surface area contributed by atoms with E-state index in [1.807, 2.05) is 35.2 Å². The smallest absolute Gasteiger partial charge is 0.246 e. The van der Waals surface area contributed by atoms with Crippen molar-refractivity contribution in [3.05, 3.63) is 65.2 Å². The largest absolute Gasteiger partial charge is 0.378 e. The Labute approximate surface area is 221 Å². The molecule has 0 saturated carbocycles. The predicted molar refractivity (Wildman–Crippen MR) is 148 cm³/mol. The number of nitrogens with zero attached hydrogens (tertiary/aromatic N) is 7. The van der Waals surface area contributed by atoms with Gasteiger partial charge in [0.25, 0.3) is 0 Å². The van der Waals surface area contributed by atoms with Crippen LogP contribution in [0.4, 0.5) is 23.1 Å². The van der Waals surface area contributed by atoms with E-state index < -0.39 is 0 Å². The first-order valence-electron chi connectivity index (χ1n) is 13.1. The topological polar surface area (TPSA) is 94.5 Å². The second kappa shape index (κ2) is 10.4. The van der Waals surface area contributed by atoms with Gasteiger partial charge in [-0.3, -0.25) is 4.79 Å². The lowest BCUT2D eigenvalue weighted by Gasteiger charge is -2.39. The molecule has 3 aliphatic rings. The zero-order valence-corrected chi connectivity index (χ0v) is 21.4. The average molecular weight is 514 g/mol. The molecule has 0 radical (unpaired) electrons. The summed E-state index contributed by atoms with van der Waals surface area (Å²) in [7, 11) is 0. The molecule has 6 rings (SSSR count). The van der Waals surface area contributed by atoms with E-state index in [-0.39, 0.29) is 5.91 Å². The van der Waals surface area contributed by atoms with Gasteiger partial charge in [0.05, 0.1) is 25.5 Å². The van der Waals surface area contributed by atoms with Crippen LogP contribution in [0.15, 0.2) is 54.2 Å². The third-order valence-corrected chi connectivity index (χ3v) is 7.66. The molecule has 0 spiro atoms. The predicted octanol–water partition coefficient (Wildman–Crippen LogP) is 3.26. The Morgan fingerprint density at radius 3 is 2.50 bits per heavy atom. The Hall–Kier alpha value is -4.05. The lowest BCUT2D eigenvalue weighted by molar-refractivity contribution is -0.126. The summed E-state index contributed by atoms with van der Waals surface area (Å²) in [5.74, 6) is 1.66. The summed E-state index contributed by atoms with van der Waals surface area (Å²) in [6, 6.07) is 11.8. The van der Waals surface area contributed by atoms with E-state index in [0.717, 1.165) is 65.5 Å². The third-order valence-electron chi connectivity index (χ3n) is 7.66. The van der Waals surface area contributed by atoms with Crippen LogP contribution in [0.3, 0.4) is 0 Å². The highest BCUT2D eigenvalue weighted by Gasteiger charge is 2.30. The number of ether oxygens (including phenoxy) is 1.